The fourth-order valence-electron chi connectivity index (χ4n) is 3.91. The minimum atomic E-state index is -5.03. The van der Waals surface area contributed by atoms with Crippen LogP contribution in [0.1, 0.15) is 22.3 Å². The molecule has 0 radical (unpaired) electrons. The van der Waals surface area contributed by atoms with E-state index in [1.54, 1.807) is 24.3 Å². The number of ether oxygens (including phenoxy) is 1. The molecular formula is C26H23Cl3F6N6O2. The second-order valence-corrected chi connectivity index (χ2v) is 9.13. The van der Waals surface area contributed by atoms with Gasteiger partial charge < -0.3 is 15.4 Å². The number of nitrogens with two attached hydrogens (primary N) is 1. The van der Waals surface area contributed by atoms with Gasteiger partial charge in [0.1, 0.15) is 5.69 Å². The van der Waals surface area contributed by atoms with Crippen molar-refractivity contribution in [2.45, 2.75) is 25.4 Å². The molecule has 2 N–H and O–H groups in total. The standard InChI is InChI=1S/C26H21ClF6N6O2.2ClH/c27-21-4-2-1-3-18(21)15-38(10-7-34)24(40)41-23-22(17-5-8-35-9-6-17)39(37-36-23)14-16-11-19(25(28,29)30)13-20(12-16)26(31,32)33;;/h1-6,8-9,11-13H,7,10,14-15,34H2;2*1H. The lowest BCUT2D eigenvalue weighted by Crippen LogP contribution is -2.37. The normalized spacial score (nSPS) is 11.3. The fraction of sp³-hybridized carbons (Fsp3) is 0.231. The van der Waals surface area contributed by atoms with Gasteiger partial charge >= 0.3 is 18.4 Å². The Morgan fingerprint density at radius 2 is 1.56 bits per heavy atom. The Morgan fingerprint density at radius 3 is 2.12 bits per heavy atom. The monoisotopic (exact) mass is 670 g/mol. The molecular weight excluding hydrogens is 649 g/mol. The van der Waals surface area contributed by atoms with E-state index < -0.39 is 36.1 Å². The summed E-state index contributed by atoms with van der Waals surface area (Å²) in [4.78, 5) is 18.3. The van der Waals surface area contributed by atoms with Gasteiger partial charge in [0.15, 0.2) is 0 Å². The van der Waals surface area contributed by atoms with Crippen LogP contribution in [-0.2, 0) is 25.4 Å². The quantitative estimate of drug-likeness (QED) is 0.205. The van der Waals surface area contributed by atoms with Crippen LogP contribution in [0, 0.1) is 0 Å². The Kier molecular flexibility index (Phi) is 12.2. The van der Waals surface area contributed by atoms with Gasteiger partial charge in [-0.2, -0.15) is 26.3 Å². The highest BCUT2D eigenvalue weighted by molar-refractivity contribution is 6.31. The van der Waals surface area contributed by atoms with Crippen molar-refractivity contribution in [1.82, 2.24) is 24.9 Å². The van der Waals surface area contributed by atoms with E-state index in [1.807, 2.05) is 0 Å². The number of halogens is 9. The molecule has 0 aliphatic carbocycles. The maximum Gasteiger partial charge on any atom is 0.417 e. The molecule has 0 atom stereocenters. The van der Waals surface area contributed by atoms with Crippen molar-refractivity contribution in [1.29, 1.82) is 0 Å². The van der Waals surface area contributed by atoms with E-state index in [2.05, 4.69) is 15.3 Å². The Morgan fingerprint density at radius 1 is 0.953 bits per heavy atom. The number of rotatable bonds is 8. The average molecular weight is 672 g/mol. The first kappa shape index (κ1) is 35.6. The summed E-state index contributed by atoms with van der Waals surface area (Å²) in [7, 11) is 0. The van der Waals surface area contributed by atoms with Crippen molar-refractivity contribution in [3.63, 3.8) is 0 Å². The molecule has 0 saturated carbocycles. The fourth-order valence-corrected chi connectivity index (χ4v) is 4.11. The molecule has 0 unspecified atom stereocenters. The average Bonchev–Trinajstić information content (AvgIpc) is 3.30. The number of carbonyl (C=O) groups excluding carboxylic acids is 1. The molecule has 17 heteroatoms. The van der Waals surface area contributed by atoms with Crippen LogP contribution in [0.5, 0.6) is 5.88 Å². The van der Waals surface area contributed by atoms with Gasteiger partial charge in [0.05, 0.1) is 24.2 Å². The summed E-state index contributed by atoms with van der Waals surface area (Å²) < 4.78 is 86.9. The van der Waals surface area contributed by atoms with E-state index in [0.29, 0.717) is 28.3 Å². The number of hydrogen-bond acceptors (Lipinski definition) is 6. The topological polar surface area (TPSA) is 99.2 Å². The lowest BCUT2D eigenvalue weighted by Gasteiger charge is -2.21. The highest BCUT2D eigenvalue weighted by Gasteiger charge is 2.37. The zero-order valence-electron chi connectivity index (χ0n) is 21.8. The third-order valence-electron chi connectivity index (χ3n) is 5.80. The van der Waals surface area contributed by atoms with Crippen molar-refractivity contribution in [2.75, 3.05) is 13.1 Å². The summed E-state index contributed by atoms with van der Waals surface area (Å²) in [5.41, 5.74) is 3.34. The molecule has 1 amide bonds. The Labute approximate surface area is 258 Å². The second-order valence-electron chi connectivity index (χ2n) is 8.72. The maximum atomic E-state index is 13.4. The molecule has 4 aromatic rings. The number of nitrogens with zero attached hydrogens (tertiary/aromatic N) is 5. The molecule has 232 valence electrons. The van der Waals surface area contributed by atoms with Gasteiger partial charge in [0, 0.05) is 36.1 Å². The highest BCUT2D eigenvalue weighted by Crippen LogP contribution is 2.37. The molecule has 0 fully saturated rings. The molecule has 0 spiro atoms. The number of hydrogen-bond donors (Lipinski definition) is 1. The zero-order valence-corrected chi connectivity index (χ0v) is 24.2. The molecule has 8 nitrogen and oxygen atoms in total. The van der Waals surface area contributed by atoms with Gasteiger partial charge in [-0.1, -0.05) is 40.1 Å². The van der Waals surface area contributed by atoms with Crippen molar-refractivity contribution < 1.29 is 35.9 Å². The number of pyridine rings is 1. The van der Waals surface area contributed by atoms with Crippen molar-refractivity contribution in [3.05, 3.63) is 94.3 Å². The molecule has 0 aliphatic rings. The van der Waals surface area contributed by atoms with Crippen LogP contribution in [0.4, 0.5) is 31.1 Å². The van der Waals surface area contributed by atoms with Crippen LogP contribution < -0.4 is 10.5 Å². The van der Waals surface area contributed by atoms with E-state index in [0.717, 1.165) is 4.68 Å². The van der Waals surface area contributed by atoms with Gasteiger partial charge in [-0.3, -0.25) is 4.98 Å². The van der Waals surface area contributed by atoms with Gasteiger partial charge in [0.2, 0.25) is 0 Å². The number of benzene rings is 2. The molecule has 43 heavy (non-hydrogen) atoms. The third-order valence-corrected chi connectivity index (χ3v) is 6.17. The van der Waals surface area contributed by atoms with Crippen molar-refractivity contribution >= 4 is 42.5 Å². The second kappa shape index (κ2) is 14.7. The van der Waals surface area contributed by atoms with E-state index in [4.69, 9.17) is 22.1 Å². The van der Waals surface area contributed by atoms with Gasteiger partial charge in [-0.05, 0) is 47.5 Å². The molecule has 0 bridgehead atoms. The Hall–Kier alpha value is -3.59. The summed E-state index contributed by atoms with van der Waals surface area (Å²) in [5.74, 6) is -0.328. The van der Waals surface area contributed by atoms with Crippen LogP contribution in [0.15, 0.2) is 67.0 Å². The minimum Gasteiger partial charge on any atom is -0.387 e. The molecule has 2 aromatic heterocycles. The van der Waals surface area contributed by atoms with E-state index in [1.165, 1.54) is 29.4 Å². The summed E-state index contributed by atoms with van der Waals surface area (Å²) in [6, 6.07) is 11.0. The molecule has 4 rings (SSSR count). The first-order chi connectivity index (χ1) is 19.4. The summed E-state index contributed by atoms with van der Waals surface area (Å²) >= 11 is 6.22. The highest BCUT2D eigenvalue weighted by atomic mass is 35.5. The van der Waals surface area contributed by atoms with Gasteiger partial charge in [-0.25, -0.2) is 9.48 Å². The molecule has 0 aliphatic heterocycles. The number of alkyl halides is 6. The zero-order chi connectivity index (χ0) is 29.8. The summed E-state index contributed by atoms with van der Waals surface area (Å²) in [6.07, 6.45) is -8.15. The van der Waals surface area contributed by atoms with Crippen LogP contribution in [0.3, 0.4) is 0 Å². The van der Waals surface area contributed by atoms with E-state index >= 15 is 0 Å². The Balaban J connectivity index is 0.00000323. The predicted molar refractivity (Wildman–Crippen MR) is 150 cm³/mol. The number of amides is 1. The van der Waals surface area contributed by atoms with Crippen LogP contribution in [-0.4, -0.2) is 44.1 Å². The van der Waals surface area contributed by atoms with Crippen LogP contribution in [0.25, 0.3) is 11.3 Å². The minimum absolute atomic E-state index is 0. The molecule has 2 heterocycles. The number of aromatic nitrogens is 4. The van der Waals surface area contributed by atoms with E-state index in [-0.39, 0.29) is 67.7 Å². The summed E-state index contributed by atoms with van der Waals surface area (Å²) in [5, 5.41) is 8.14. The lowest BCUT2D eigenvalue weighted by atomic mass is 10.0. The third kappa shape index (κ3) is 8.95. The molecule has 0 saturated heterocycles. The van der Waals surface area contributed by atoms with E-state index in [9.17, 15) is 31.1 Å². The molecule has 2 aromatic carbocycles. The lowest BCUT2D eigenvalue weighted by molar-refractivity contribution is -0.143. The maximum absolute atomic E-state index is 13.4. The van der Waals surface area contributed by atoms with Gasteiger partial charge in [0.25, 0.3) is 5.88 Å². The smallest absolute Gasteiger partial charge is 0.387 e. The first-order valence-electron chi connectivity index (χ1n) is 11.9. The van der Waals surface area contributed by atoms with Crippen molar-refractivity contribution in [3.8, 4) is 17.1 Å². The largest absolute Gasteiger partial charge is 0.417 e. The summed E-state index contributed by atoms with van der Waals surface area (Å²) in [6.45, 7) is -0.353. The SMILES string of the molecule is Cl.Cl.NCCN(Cc1ccccc1Cl)C(=O)Oc1nnn(Cc2cc(C(F)(F)F)cc(C(F)(F)F)c2)c1-c1ccncc1. The first-order valence-corrected chi connectivity index (χ1v) is 12.3. The predicted octanol–water partition coefficient (Wildman–Crippen LogP) is 6.88. The van der Waals surface area contributed by atoms with Gasteiger partial charge in [-0.15, -0.1) is 24.8 Å². The van der Waals surface area contributed by atoms with Crippen LogP contribution in [0.2, 0.25) is 5.02 Å². The van der Waals surface area contributed by atoms with Crippen molar-refractivity contribution in [2.24, 2.45) is 5.73 Å². The number of carbonyl (C=O) groups is 1. The van der Waals surface area contributed by atoms with Crippen LogP contribution >= 0.6 is 36.4 Å². The Bertz CT molecular complexity index is 1490.